The normalized spacial score (nSPS) is 12.7. The van der Waals surface area contributed by atoms with Gasteiger partial charge in [-0.15, -0.1) is 0 Å². The van der Waals surface area contributed by atoms with E-state index >= 15 is 0 Å². The molecule has 0 amide bonds. The monoisotopic (exact) mass is 215 g/mol. The van der Waals surface area contributed by atoms with Gasteiger partial charge in [-0.3, -0.25) is 0 Å². The third-order valence-electron chi connectivity index (χ3n) is 1.66. The zero-order chi connectivity index (χ0) is 11.7. The number of hydrogen-bond donors (Lipinski definition) is 1. The fourth-order valence-corrected chi connectivity index (χ4v) is 0.886. The first-order valence-corrected chi connectivity index (χ1v) is 4.80. The lowest BCUT2D eigenvalue weighted by atomic mass is 10.2. The summed E-state index contributed by atoms with van der Waals surface area (Å²) in [4.78, 5) is 20.7. The topological polar surface area (TPSA) is 86.7 Å². The Morgan fingerprint density at radius 3 is 2.67 bits per heavy atom. The van der Waals surface area contributed by atoms with Crippen molar-refractivity contribution in [2.45, 2.75) is 32.3 Å². The minimum atomic E-state index is -1.46. The molecule has 0 fully saturated rings. The lowest BCUT2D eigenvalue weighted by molar-refractivity contribution is -0.297. The molecule has 5 nitrogen and oxygen atoms in total. The molecule has 1 unspecified atom stereocenters. The van der Waals surface area contributed by atoms with Crippen LogP contribution in [0.4, 0.5) is 0 Å². The standard InChI is InChI=1S/C10H16O5/c1-2-3-4-8(11)7-15-10(14)6-5-9(12)13/h5-6,8,11H,2-4,7H2,1H3,(H,12,13)/p-1. The highest BCUT2D eigenvalue weighted by molar-refractivity contribution is 5.89. The number of hydrogen-bond acceptors (Lipinski definition) is 5. The van der Waals surface area contributed by atoms with Crippen molar-refractivity contribution < 1.29 is 24.5 Å². The number of esters is 1. The maximum Gasteiger partial charge on any atom is 0.330 e. The fraction of sp³-hybridized carbons (Fsp3) is 0.600. The molecule has 1 atom stereocenters. The van der Waals surface area contributed by atoms with Crippen LogP contribution in [0.25, 0.3) is 0 Å². The molecule has 0 aliphatic carbocycles. The predicted molar refractivity (Wildman–Crippen MR) is 50.6 cm³/mol. The Labute approximate surface area is 88.4 Å². The van der Waals surface area contributed by atoms with Gasteiger partial charge < -0.3 is 19.7 Å². The number of aliphatic hydroxyl groups excluding tert-OH is 1. The predicted octanol–water partition coefficient (Wildman–Crippen LogP) is -0.613. The van der Waals surface area contributed by atoms with Crippen molar-refractivity contribution in [2.75, 3.05) is 6.61 Å². The highest BCUT2D eigenvalue weighted by Gasteiger charge is 2.05. The minimum absolute atomic E-state index is 0.115. The molecule has 0 aromatic rings. The van der Waals surface area contributed by atoms with Crippen molar-refractivity contribution in [3.05, 3.63) is 12.2 Å². The molecule has 15 heavy (non-hydrogen) atoms. The molecular weight excluding hydrogens is 200 g/mol. The molecule has 0 rings (SSSR count). The average molecular weight is 215 g/mol. The SMILES string of the molecule is CCCCC(O)COC(=O)C=CC(=O)[O-]. The lowest BCUT2D eigenvalue weighted by Gasteiger charge is -2.09. The van der Waals surface area contributed by atoms with E-state index in [9.17, 15) is 19.8 Å². The molecule has 86 valence electrons. The van der Waals surface area contributed by atoms with E-state index in [1.807, 2.05) is 6.92 Å². The first kappa shape index (κ1) is 13.6. The molecule has 0 aromatic carbocycles. The second kappa shape index (κ2) is 7.99. The number of aliphatic hydroxyl groups is 1. The Morgan fingerprint density at radius 2 is 2.13 bits per heavy atom. The number of rotatable bonds is 7. The second-order valence-corrected chi connectivity index (χ2v) is 3.08. The summed E-state index contributed by atoms with van der Waals surface area (Å²) in [7, 11) is 0. The quantitative estimate of drug-likeness (QED) is 0.452. The number of carbonyl (C=O) groups is 2. The molecule has 0 aliphatic heterocycles. The fourth-order valence-electron chi connectivity index (χ4n) is 0.886. The Morgan fingerprint density at radius 1 is 1.47 bits per heavy atom. The van der Waals surface area contributed by atoms with E-state index in [2.05, 4.69) is 4.74 Å². The van der Waals surface area contributed by atoms with E-state index in [1.54, 1.807) is 0 Å². The van der Waals surface area contributed by atoms with Crippen LogP contribution in [0.1, 0.15) is 26.2 Å². The van der Waals surface area contributed by atoms with Gasteiger partial charge in [0.2, 0.25) is 0 Å². The first-order valence-electron chi connectivity index (χ1n) is 4.80. The van der Waals surface area contributed by atoms with Crippen LogP contribution in [0, 0.1) is 0 Å². The van der Waals surface area contributed by atoms with E-state index in [-0.39, 0.29) is 6.61 Å². The first-order chi connectivity index (χ1) is 7.06. The zero-order valence-corrected chi connectivity index (χ0v) is 8.64. The smallest absolute Gasteiger partial charge is 0.330 e. The molecule has 0 radical (unpaired) electrons. The van der Waals surface area contributed by atoms with Gasteiger partial charge in [-0.25, -0.2) is 4.79 Å². The summed E-state index contributed by atoms with van der Waals surface area (Å²) in [6, 6.07) is 0. The average Bonchev–Trinajstić information content (AvgIpc) is 2.20. The Bertz CT molecular complexity index is 234. The van der Waals surface area contributed by atoms with Crippen molar-refractivity contribution in [3.8, 4) is 0 Å². The van der Waals surface area contributed by atoms with E-state index in [0.29, 0.717) is 12.5 Å². The van der Waals surface area contributed by atoms with Gasteiger partial charge in [0.05, 0.1) is 12.1 Å². The highest BCUT2D eigenvalue weighted by Crippen LogP contribution is 2.00. The van der Waals surface area contributed by atoms with E-state index < -0.39 is 18.0 Å². The second-order valence-electron chi connectivity index (χ2n) is 3.08. The third-order valence-corrected chi connectivity index (χ3v) is 1.66. The van der Waals surface area contributed by atoms with Crippen LogP contribution in [0.2, 0.25) is 0 Å². The molecule has 0 heterocycles. The molecule has 5 heteroatoms. The van der Waals surface area contributed by atoms with Gasteiger partial charge in [-0.2, -0.15) is 0 Å². The molecular formula is C10H15O5-. The number of ether oxygens (including phenoxy) is 1. The Kier molecular flexibility index (Phi) is 7.27. The van der Waals surface area contributed by atoms with Gasteiger partial charge >= 0.3 is 5.97 Å². The summed E-state index contributed by atoms with van der Waals surface area (Å²) in [5.74, 6) is -2.26. The van der Waals surface area contributed by atoms with Crippen LogP contribution in [0.5, 0.6) is 0 Å². The molecule has 0 saturated heterocycles. The number of carboxylic acid groups (broad SMARTS) is 1. The van der Waals surface area contributed by atoms with E-state index in [1.165, 1.54) is 0 Å². The van der Waals surface area contributed by atoms with Gasteiger partial charge in [0.15, 0.2) is 0 Å². The number of aliphatic carboxylic acids is 1. The largest absolute Gasteiger partial charge is 0.545 e. The van der Waals surface area contributed by atoms with Crippen molar-refractivity contribution in [3.63, 3.8) is 0 Å². The van der Waals surface area contributed by atoms with Gasteiger partial charge in [0.1, 0.15) is 6.61 Å². The van der Waals surface area contributed by atoms with Crippen molar-refractivity contribution in [2.24, 2.45) is 0 Å². The maximum atomic E-state index is 10.8. The van der Waals surface area contributed by atoms with Crippen molar-refractivity contribution in [1.29, 1.82) is 0 Å². The Hall–Kier alpha value is -1.36. The third kappa shape index (κ3) is 8.96. The Balaban J connectivity index is 3.66. The highest BCUT2D eigenvalue weighted by atomic mass is 16.5. The van der Waals surface area contributed by atoms with Crippen molar-refractivity contribution >= 4 is 11.9 Å². The number of carboxylic acids is 1. The summed E-state index contributed by atoms with van der Waals surface area (Å²) in [5, 5.41) is 19.2. The molecule has 0 aromatic heterocycles. The van der Waals surface area contributed by atoms with Gasteiger partial charge in [-0.1, -0.05) is 19.8 Å². The van der Waals surface area contributed by atoms with Crippen molar-refractivity contribution in [1.82, 2.24) is 0 Å². The summed E-state index contributed by atoms with van der Waals surface area (Å²) < 4.78 is 4.58. The van der Waals surface area contributed by atoms with Crippen LogP contribution in [-0.4, -0.2) is 29.8 Å². The van der Waals surface area contributed by atoms with Crippen LogP contribution in [-0.2, 0) is 14.3 Å². The number of unbranched alkanes of at least 4 members (excludes halogenated alkanes) is 1. The van der Waals surface area contributed by atoms with E-state index in [4.69, 9.17) is 0 Å². The molecule has 0 spiro atoms. The number of carbonyl (C=O) groups excluding carboxylic acids is 2. The van der Waals surface area contributed by atoms with E-state index in [0.717, 1.165) is 18.9 Å². The van der Waals surface area contributed by atoms with Gasteiger partial charge in [0.25, 0.3) is 0 Å². The molecule has 1 N–H and O–H groups in total. The summed E-state index contributed by atoms with van der Waals surface area (Å²) >= 11 is 0. The molecule has 0 aliphatic rings. The van der Waals surface area contributed by atoms with Gasteiger partial charge in [0, 0.05) is 6.08 Å². The maximum absolute atomic E-state index is 10.8. The van der Waals surface area contributed by atoms with Gasteiger partial charge in [-0.05, 0) is 12.5 Å². The summed E-state index contributed by atoms with van der Waals surface area (Å²) in [6.45, 7) is 1.87. The lowest BCUT2D eigenvalue weighted by Crippen LogP contribution is -2.20. The summed E-state index contributed by atoms with van der Waals surface area (Å²) in [6.07, 6.45) is 3.02. The minimum Gasteiger partial charge on any atom is -0.545 e. The summed E-state index contributed by atoms with van der Waals surface area (Å²) in [5.41, 5.74) is 0. The molecule has 0 saturated carbocycles. The van der Waals surface area contributed by atoms with Crippen LogP contribution in [0.3, 0.4) is 0 Å². The zero-order valence-electron chi connectivity index (χ0n) is 8.64. The van der Waals surface area contributed by atoms with Crippen LogP contribution >= 0.6 is 0 Å². The van der Waals surface area contributed by atoms with Crippen LogP contribution < -0.4 is 5.11 Å². The molecule has 0 bridgehead atoms. The van der Waals surface area contributed by atoms with Crippen LogP contribution in [0.15, 0.2) is 12.2 Å².